The van der Waals surface area contributed by atoms with Crippen molar-refractivity contribution in [2.45, 2.75) is 18.3 Å². The van der Waals surface area contributed by atoms with Gasteiger partial charge in [-0.15, -0.1) is 0 Å². The first-order valence-corrected chi connectivity index (χ1v) is 7.50. The zero-order chi connectivity index (χ0) is 14.4. The van der Waals surface area contributed by atoms with Crippen molar-refractivity contribution in [2.24, 2.45) is 11.8 Å². The molecule has 0 aliphatic heterocycles. The van der Waals surface area contributed by atoms with E-state index in [1.807, 2.05) is 36.4 Å². The summed E-state index contributed by atoms with van der Waals surface area (Å²) in [5, 5.41) is 20.5. The van der Waals surface area contributed by atoms with Gasteiger partial charge in [-0.25, -0.2) is 0 Å². The number of hydrogen-bond acceptors (Lipinski definition) is 2. The molecule has 2 nitrogen and oxygen atoms in total. The predicted octanol–water partition coefficient (Wildman–Crippen LogP) is 4.17. The first kappa shape index (κ1) is 12.5. The van der Waals surface area contributed by atoms with Gasteiger partial charge in [0.1, 0.15) is 11.5 Å². The fourth-order valence-electron chi connectivity index (χ4n) is 4.21. The molecule has 2 unspecified atom stereocenters. The van der Waals surface area contributed by atoms with Crippen LogP contribution in [0.2, 0.25) is 0 Å². The molecule has 0 amide bonds. The number of hydrogen-bond donors (Lipinski definition) is 2. The van der Waals surface area contributed by atoms with Crippen molar-refractivity contribution in [1.82, 2.24) is 0 Å². The summed E-state index contributed by atoms with van der Waals surface area (Å²) in [5.74, 6) is 2.12. The summed E-state index contributed by atoms with van der Waals surface area (Å²) in [6.45, 7) is 0. The van der Waals surface area contributed by atoms with E-state index in [4.69, 9.17) is 0 Å². The van der Waals surface area contributed by atoms with Crippen LogP contribution in [0.5, 0.6) is 11.5 Å². The van der Waals surface area contributed by atoms with Crippen LogP contribution < -0.4 is 0 Å². The average molecular weight is 278 g/mol. The van der Waals surface area contributed by atoms with E-state index >= 15 is 0 Å². The highest BCUT2D eigenvalue weighted by Gasteiger charge is 2.47. The van der Waals surface area contributed by atoms with Gasteiger partial charge >= 0.3 is 0 Å². The van der Waals surface area contributed by atoms with Crippen molar-refractivity contribution in [3.05, 3.63) is 71.8 Å². The lowest BCUT2D eigenvalue weighted by atomic mass is 9.74. The maximum atomic E-state index is 10.2. The number of phenols is 2. The van der Waals surface area contributed by atoms with Crippen LogP contribution >= 0.6 is 0 Å². The van der Waals surface area contributed by atoms with Crippen molar-refractivity contribution in [2.75, 3.05) is 0 Å². The number of benzene rings is 2. The smallest absolute Gasteiger partial charge is 0.119 e. The minimum atomic E-state index is 0.245. The molecule has 2 N–H and O–H groups in total. The van der Waals surface area contributed by atoms with E-state index in [0.29, 0.717) is 23.3 Å². The maximum absolute atomic E-state index is 10.2. The summed E-state index contributed by atoms with van der Waals surface area (Å²) in [4.78, 5) is 0. The van der Waals surface area contributed by atoms with E-state index in [1.165, 1.54) is 0 Å². The third kappa shape index (κ3) is 1.86. The number of aromatic hydroxyl groups is 2. The molecule has 2 heteroatoms. The van der Waals surface area contributed by atoms with Gasteiger partial charge in [-0.2, -0.15) is 0 Å². The van der Waals surface area contributed by atoms with E-state index in [-0.39, 0.29) is 11.8 Å². The Hall–Kier alpha value is -2.22. The molecule has 0 saturated heterocycles. The van der Waals surface area contributed by atoms with Gasteiger partial charge in [-0.05, 0) is 41.5 Å². The second-order valence-corrected chi connectivity index (χ2v) is 6.12. The third-order valence-corrected chi connectivity index (χ3v) is 5.05. The van der Waals surface area contributed by atoms with Crippen LogP contribution in [0.4, 0.5) is 0 Å². The largest absolute Gasteiger partial charge is 0.508 e. The van der Waals surface area contributed by atoms with Gasteiger partial charge in [0.05, 0.1) is 0 Å². The Morgan fingerprint density at radius 1 is 0.667 bits per heavy atom. The van der Waals surface area contributed by atoms with E-state index in [9.17, 15) is 10.2 Å². The minimum absolute atomic E-state index is 0.245. The molecule has 2 aromatic rings. The van der Waals surface area contributed by atoms with Gasteiger partial charge in [0, 0.05) is 11.8 Å². The lowest BCUT2D eigenvalue weighted by molar-refractivity contribution is 0.421. The van der Waals surface area contributed by atoms with Crippen LogP contribution in [0.25, 0.3) is 0 Å². The van der Waals surface area contributed by atoms with Crippen LogP contribution in [0.3, 0.4) is 0 Å². The van der Waals surface area contributed by atoms with Gasteiger partial charge in [-0.1, -0.05) is 48.6 Å². The fourth-order valence-corrected chi connectivity index (χ4v) is 4.21. The Labute approximate surface area is 124 Å². The summed E-state index contributed by atoms with van der Waals surface area (Å²) >= 11 is 0. The van der Waals surface area contributed by atoms with Crippen molar-refractivity contribution in [1.29, 1.82) is 0 Å². The molecule has 1 saturated carbocycles. The van der Waals surface area contributed by atoms with E-state index < -0.39 is 0 Å². The lowest BCUT2D eigenvalue weighted by Crippen LogP contribution is -2.16. The highest BCUT2D eigenvalue weighted by atomic mass is 16.3. The zero-order valence-corrected chi connectivity index (χ0v) is 11.7. The van der Waals surface area contributed by atoms with Gasteiger partial charge < -0.3 is 10.2 Å². The minimum Gasteiger partial charge on any atom is -0.508 e. The van der Waals surface area contributed by atoms with Crippen LogP contribution in [-0.2, 0) is 0 Å². The highest BCUT2D eigenvalue weighted by molar-refractivity contribution is 5.46. The number of allylic oxidation sites excluding steroid dienone is 2. The van der Waals surface area contributed by atoms with Crippen molar-refractivity contribution in [3.63, 3.8) is 0 Å². The van der Waals surface area contributed by atoms with Crippen LogP contribution in [0.15, 0.2) is 60.7 Å². The molecule has 0 aromatic heterocycles. The molecule has 0 heterocycles. The summed E-state index contributed by atoms with van der Waals surface area (Å²) in [6, 6.07) is 15.2. The number of para-hydroxylation sites is 2. The fraction of sp³-hybridized carbons (Fsp3) is 0.263. The monoisotopic (exact) mass is 278 g/mol. The second kappa shape index (κ2) is 4.66. The molecule has 2 bridgehead atoms. The quantitative estimate of drug-likeness (QED) is 0.809. The SMILES string of the molecule is Oc1ccccc1C1[C@H](c2ccccc2O)C2C=C[C@@H]1C2. The first-order valence-electron chi connectivity index (χ1n) is 7.50. The number of phenolic OH excluding ortho intramolecular Hbond substituents is 2. The Balaban J connectivity index is 1.84. The van der Waals surface area contributed by atoms with Gasteiger partial charge in [0.25, 0.3) is 0 Å². The molecular formula is C19H18O2. The predicted molar refractivity (Wildman–Crippen MR) is 82.4 cm³/mol. The van der Waals surface area contributed by atoms with Crippen molar-refractivity contribution < 1.29 is 10.2 Å². The standard InChI is InChI=1S/C19H18O2/c20-16-7-3-1-5-14(16)18-12-9-10-13(11-12)19(18)15-6-2-4-8-17(15)21/h1-10,12-13,18-21H,11H2/t12-,13?,18?,19+/m1/s1. The van der Waals surface area contributed by atoms with Gasteiger partial charge in [-0.3, -0.25) is 0 Å². The molecule has 2 aliphatic carbocycles. The average Bonchev–Trinajstić information content (AvgIpc) is 3.09. The normalized spacial score (nSPS) is 29.9. The Bertz CT molecular complexity index is 645. The van der Waals surface area contributed by atoms with E-state index in [0.717, 1.165) is 17.5 Å². The van der Waals surface area contributed by atoms with Crippen molar-refractivity contribution in [3.8, 4) is 11.5 Å². The lowest BCUT2D eigenvalue weighted by Gasteiger charge is -2.29. The van der Waals surface area contributed by atoms with Crippen molar-refractivity contribution >= 4 is 0 Å². The zero-order valence-electron chi connectivity index (χ0n) is 11.7. The number of fused-ring (bicyclic) bond motifs is 2. The van der Waals surface area contributed by atoms with Gasteiger partial charge in [0.2, 0.25) is 0 Å². The molecule has 1 fully saturated rings. The van der Waals surface area contributed by atoms with E-state index in [1.54, 1.807) is 12.1 Å². The second-order valence-electron chi connectivity index (χ2n) is 6.12. The Morgan fingerprint density at radius 2 is 1.10 bits per heavy atom. The third-order valence-electron chi connectivity index (χ3n) is 5.05. The molecule has 4 rings (SSSR count). The summed E-state index contributed by atoms with van der Waals surface area (Å²) in [6.07, 6.45) is 5.66. The van der Waals surface area contributed by atoms with Gasteiger partial charge in [0.15, 0.2) is 0 Å². The van der Waals surface area contributed by atoms with Crippen LogP contribution in [0, 0.1) is 11.8 Å². The Kier molecular flexibility index (Phi) is 2.78. The maximum Gasteiger partial charge on any atom is 0.119 e. The van der Waals surface area contributed by atoms with E-state index in [2.05, 4.69) is 12.2 Å². The molecule has 2 aliphatic rings. The molecular weight excluding hydrogens is 260 g/mol. The molecule has 2 aromatic carbocycles. The molecule has 0 radical (unpaired) electrons. The summed E-state index contributed by atoms with van der Waals surface area (Å²) in [7, 11) is 0. The van der Waals surface area contributed by atoms with Crippen LogP contribution in [-0.4, -0.2) is 10.2 Å². The molecule has 0 spiro atoms. The molecule has 4 atom stereocenters. The summed E-state index contributed by atoms with van der Waals surface area (Å²) in [5.41, 5.74) is 2.00. The molecule has 21 heavy (non-hydrogen) atoms. The number of rotatable bonds is 2. The highest BCUT2D eigenvalue weighted by Crippen LogP contribution is 2.59. The molecule has 106 valence electrons. The first-order chi connectivity index (χ1) is 10.3. The summed E-state index contributed by atoms with van der Waals surface area (Å²) < 4.78 is 0. The topological polar surface area (TPSA) is 40.5 Å². The van der Waals surface area contributed by atoms with Crippen LogP contribution in [0.1, 0.15) is 29.4 Å². The Morgan fingerprint density at radius 3 is 1.52 bits per heavy atom.